The lowest BCUT2D eigenvalue weighted by Gasteiger charge is -2.41. The van der Waals surface area contributed by atoms with E-state index in [0.717, 1.165) is 24.5 Å². The van der Waals surface area contributed by atoms with Gasteiger partial charge in [0, 0.05) is 12.3 Å². The van der Waals surface area contributed by atoms with Gasteiger partial charge < -0.3 is 5.11 Å². The fraction of sp³-hybridized carbons (Fsp3) is 0.737. The number of hydrogen-bond acceptors (Lipinski definition) is 2. The van der Waals surface area contributed by atoms with Crippen LogP contribution in [0.4, 0.5) is 26.3 Å². The van der Waals surface area contributed by atoms with Gasteiger partial charge in [0.1, 0.15) is 5.78 Å². The summed E-state index contributed by atoms with van der Waals surface area (Å²) in [4.78, 5) is 12.2. The predicted octanol–water partition coefficient (Wildman–Crippen LogP) is 5.27. The molecule has 8 heteroatoms. The number of halogens is 6. The average molecular weight is 396 g/mol. The summed E-state index contributed by atoms with van der Waals surface area (Å²) >= 11 is 0. The van der Waals surface area contributed by atoms with Crippen LogP contribution in [0.3, 0.4) is 0 Å². The molecule has 0 aromatic carbocycles. The van der Waals surface area contributed by atoms with E-state index in [4.69, 9.17) is 0 Å². The monoisotopic (exact) mass is 396 g/mol. The fourth-order valence-electron chi connectivity index (χ4n) is 4.88. The molecule has 3 rings (SSSR count). The predicted molar refractivity (Wildman–Crippen MR) is 85.6 cm³/mol. The molecule has 0 bridgehead atoms. The highest BCUT2D eigenvalue weighted by Crippen LogP contribution is 2.66. The third kappa shape index (κ3) is 3.13. The van der Waals surface area contributed by atoms with Crippen LogP contribution in [-0.4, -0.2) is 28.8 Å². The number of carbonyl (C=O) groups is 1. The number of carbonyl (C=O) groups excluding carboxylic acids is 1. The minimum absolute atomic E-state index is 0.0101. The molecule has 0 aromatic rings. The van der Waals surface area contributed by atoms with Gasteiger partial charge in [0.2, 0.25) is 0 Å². The first-order valence-electron chi connectivity index (χ1n) is 9.04. The lowest BCUT2D eigenvalue weighted by atomic mass is 9.62. The molecular weight excluding hydrogens is 374 g/mol. The molecule has 3 aliphatic rings. The van der Waals surface area contributed by atoms with Crippen LogP contribution in [0.15, 0.2) is 23.8 Å². The van der Waals surface area contributed by atoms with Crippen LogP contribution in [0.5, 0.6) is 0 Å². The third-order valence-electron chi connectivity index (χ3n) is 6.61. The molecule has 0 radical (unpaired) electrons. The van der Waals surface area contributed by atoms with Gasteiger partial charge in [-0.1, -0.05) is 24.6 Å². The van der Waals surface area contributed by atoms with E-state index in [1.54, 1.807) is 0 Å². The zero-order valence-electron chi connectivity index (χ0n) is 14.9. The van der Waals surface area contributed by atoms with Crippen LogP contribution < -0.4 is 0 Å². The maximum absolute atomic E-state index is 12.8. The molecule has 3 aliphatic carbocycles. The van der Waals surface area contributed by atoms with Gasteiger partial charge in [-0.2, -0.15) is 26.3 Å². The van der Waals surface area contributed by atoms with Gasteiger partial charge in [0.25, 0.3) is 5.60 Å². The largest absolute Gasteiger partial charge is 0.429 e. The smallest absolute Gasteiger partial charge is 0.370 e. The SMILES string of the molecule is C[C@@]12CCCC(=O)[C@@H]1CC=C2C1(C/C=C/C(O)(C(F)(F)F)C(F)(F)F)CC1. The van der Waals surface area contributed by atoms with E-state index in [0.29, 0.717) is 25.7 Å². The molecule has 152 valence electrons. The van der Waals surface area contributed by atoms with Crippen molar-refractivity contribution in [2.75, 3.05) is 0 Å². The van der Waals surface area contributed by atoms with E-state index in [-0.39, 0.29) is 29.6 Å². The summed E-state index contributed by atoms with van der Waals surface area (Å²) in [5.41, 5.74) is -4.70. The lowest BCUT2D eigenvalue weighted by Crippen LogP contribution is -2.55. The molecule has 2 nitrogen and oxygen atoms in total. The molecule has 0 unspecified atom stereocenters. The molecule has 2 saturated carbocycles. The molecule has 0 amide bonds. The zero-order valence-corrected chi connectivity index (χ0v) is 14.9. The Kier molecular flexibility index (Phi) is 4.61. The number of fused-ring (bicyclic) bond motifs is 1. The Morgan fingerprint density at radius 1 is 1.15 bits per heavy atom. The zero-order chi connectivity index (χ0) is 20.3. The van der Waals surface area contributed by atoms with Crippen LogP contribution in [0, 0.1) is 16.7 Å². The molecular formula is C19H22F6O2. The number of allylic oxidation sites excluding steroid dienone is 3. The van der Waals surface area contributed by atoms with Crippen molar-refractivity contribution in [2.45, 2.75) is 69.8 Å². The summed E-state index contributed by atoms with van der Waals surface area (Å²) < 4.78 is 76.8. The average Bonchev–Trinajstić information content (AvgIpc) is 3.19. The summed E-state index contributed by atoms with van der Waals surface area (Å²) in [5, 5.41) is 9.24. The van der Waals surface area contributed by atoms with E-state index in [1.807, 2.05) is 13.0 Å². The quantitative estimate of drug-likeness (QED) is 0.519. The van der Waals surface area contributed by atoms with Gasteiger partial charge in [0.05, 0.1) is 0 Å². The van der Waals surface area contributed by atoms with Crippen LogP contribution in [0.25, 0.3) is 0 Å². The first-order valence-corrected chi connectivity index (χ1v) is 9.04. The molecule has 0 heterocycles. The summed E-state index contributed by atoms with van der Waals surface area (Å²) in [5.74, 6) is 0.0508. The van der Waals surface area contributed by atoms with Crippen LogP contribution in [0.2, 0.25) is 0 Å². The molecule has 1 N–H and O–H groups in total. The van der Waals surface area contributed by atoms with Gasteiger partial charge in [-0.25, -0.2) is 0 Å². The first-order chi connectivity index (χ1) is 12.3. The Bertz CT molecular complexity index is 669. The van der Waals surface area contributed by atoms with Gasteiger partial charge in [-0.15, -0.1) is 0 Å². The van der Waals surface area contributed by atoms with Crippen molar-refractivity contribution in [3.63, 3.8) is 0 Å². The highest BCUT2D eigenvalue weighted by atomic mass is 19.4. The number of rotatable bonds is 4. The van der Waals surface area contributed by atoms with Gasteiger partial charge in [-0.05, 0) is 55.4 Å². The molecule has 0 aliphatic heterocycles. The van der Waals surface area contributed by atoms with Crippen molar-refractivity contribution >= 4 is 5.78 Å². The minimum Gasteiger partial charge on any atom is -0.370 e. The van der Waals surface area contributed by atoms with Crippen LogP contribution in [0.1, 0.15) is 51.9 Å². The lowest BCUT2D eigenvalue weighted by molar-refractivity contribution is -0.347. The third-order valence-corrected chi connectivity index (χ3v) is 6.61. The number of alkyl halides is 6. The summed E-state index contributed by atoms with van der Waals surface area (Å²) in [7, 11) is 0. The van der Waals surface area contributed by atoms with Crippen molar-refractivity contribution in [1.82, 2.24) is 0 Å². The Balaban J connectivity index is 1.80. The van der Waals surface area contributed by atoms with E-state index in [9.17, 15) is 36.2 Å². The van der Waals surface area contributed by atoms with Crippen molar-refractivity contribution < 1.29 is 36.2 Å². The Labute approximate surface area is 153 Å². The number of hydrogen-bond donors (Lipinski definition) is 1. The molecule has 2 atom stereocenters. The van der Waals surface area contributed by atoms with E-state index >= 15 is 0 Å². The highest BCUT2D eigenvalue weighted by molar-refractivity contribution is 5.84. The second-order valence-electron chi connectivity index (χ2n) is 8.29. The second-order valence-corrected chi connectivity index (χ2v) is 8.29. The maximum Gasteiger partial charge on any atom is 0.429 e. The molecule has 27 heavy (non-hydrogen) atoms. The number of ketones is 1. The Morgan fingerprint density at radius 3 is 2.26 bits per heavy atom. The van der Waals surface area contributed by atoms with Crippen LogP contribution >= 0.6 is 0 Å². The minimum atomic E-state index is -5.85. The van der Waals surface area contributed by atoms with E-state index in [2.05, 4.69) is 0 Å². The van der Waals surface area contributed by atoms with Gasteiger partial charge in [-0.3, -0.25) is 4.79 Å². The van der Waals surface area contributed by atoms with Crippen molar-refractivity contribution in [3.8, 4) is 0 Å². The molecule has 0 saturated heterocycles. The summed E-state index contributed by atoms with van der Waals surface area (Å²) in [6.45, 7) is 1.99. The summed E-state index contributed by atoms with van der Waals surface area (Å²) in [6, 6.07) is 0. The van der Waals surface area contributed by atoms with E-state index < -0.39 is 23.4 Å². The van der Waals surface area contributed by atoms with Crippen molar-refractivity contribution in [2.24, 2.45) is 16.7 Å². The summed E-state index contributed by atoms with van der Waals surface area (Å²) in [6.07, 6.45) is -5.12. The van der Waals surface area contributed by atoms with Gasteiger partial charge >= 0.3 is 12.4 Å². The highest BCUT2D eigenvalue weighted by Gasteiger charge is 2.69. The Hall–Kier alpha value is -1.31. The standard InChI is InChI=1S/C19H22F6O2/c1-15-7-2-4-13(26)12(15)5-6-14(15)16(10-11-16)8-3-9-17(27,18(20,21)22)19(23,24)25/h3,6,9,12,27H,2,4-5,7-8,10-11H2,1H3/b9-3+/t12-,15+/m0/s1. The van der Waals surface area contributed by atoms with Crippen LogP contribution in [-0.2, 0) is 4.79 Å². The molecule has 2 fully saturated rings. The second kappa shape index (κ2) is 6.09. The normalized spacial score (nSPS) is 31.2. The number of aliphatic hydroxyl groups is 1. The van der Waals surface area contributed by atoms with Gasteiger partial charge in [0.15, 0.2) is 0 Å². The van der Waals surface area contributed by atoms with Crippen molar-refractivity contribution in [3.05, 3.63) is 23.8 Å². The van der Waals surface area contributed by atoms with Crippen molar-refractivity contribution in [1.29, 1.82) is 0 Å². The maximum atomic E-state index is 12.8. The Morgan fingerprint density at radius 2 is 1.74 bits per heavy atom. The first kappa shape index (κ1) is 20.4. The van der Waals surface area contributed by atoms with E-state index in [1.165, 1.54) is 0 Å². The molecule has 0 spiro atoms. The number of Topliss-reactive ketones (excluding diaryl/α,β-unsaturated/α-hetero) is 1. The topological polar surface area (TPSA) is 37.3 Å². The fourth-order valence-corrected chi connectivity index (χ4v) is 4.88. The molecule has 0 aromatic heterocycles.